The minimum Gasteiger partial charge on any atom is -0.352 e. The van der Waals surface area contributed by atoms with E-state index in [1.54, 1.807) is 30.3 Å². The smallest absolute Gasteiger partial charge is 0.352 e. The third-order valence-electron chi connectivity index (χ3n) is 4.42. The van der Waals surface area contributed by atoms with Gasteiger partial charge in [-0.3, -0.25) is 14.3 Å². The van der Waals surface area contributed by atoms with E-state index < -0.39 is 17.8 Å². The molecule has 0 radical (unpaired) electrons. The molecular formula is C16H18F3N5O2. The number of carbonyl (C=O) groups excluding carboxylic acids is 2. The number of likely N-dealkylation sites (N-methyl/N-ethyl adjacent to an activating group) is 1. The first-order valence-corrected chi connectivity index (χ1v) is 7.97. The Balaban J connectivity index is 1.60. The summed E-state index contributed by atoms with van der Waals surface area (Å²) in [6.45, 7) is 1.87. The Hall–Kier alpha value is -2.78. The molecule has 1 N–H and O–H groups in total. The number of fused-ring (bicyclic) bond motifs is 1. The summed E-state index contributed by atoms with van der Waals surface area (Å²) in [5.41, 5.74) is -0.197. The minimum absolute atomic E-state index is 0.141. The van der Waals surface area contributed by atoms with Crippen molar-refractivity contribution in [2.24, 2.45) is 0 Å². The quantitative estimate of drug-likeness (QED) is 0.883. The van der Waals surface area contributed by atoms with Gasteiger partial charge in [-0.25, -0.2) is 0 Å². The van der Waals surface area contributed by atoms with E-state index in [0.717, 1.165) is 10.7 Å². The SMILES string of the molecule is Cc1cc(C(F)(F)F)nn1CC(=O)NCC1Cn2cccc2C(=O)N1C. The zero-order valence-corrected chi connectivity index (χ0v) is 14.2. The van der Waals surface area contributed by atoms with Crippen molar-refractivity contribution in [1.29, 1.82) is 0 Å². The van der Waals surface area contributed by atoms with Gasteiger partial charge in [-0.2, -0.15) is 18.3 Å². The maximum atomic E-state index is 12.7. The zero-order chi connectivity index (χ0) is 19.1. The van der Waals surface area contributed by atoms with Gasteiger partial charge >= 0.3 is 6.18 Å². The van der Waals surface area contributed by atoms with Gasteiger partial charge < -0.3 is 14.8 Å². The topological polar surface area (TPSA) is 72.2 Å². The molecule has 3 heterocycles. The summed E-state index contributed by atoms with van der Waals surface area (Å²) >= 11 is 0. The van der Waals surface area contributed by atoms with E-state index in [0.29, 0.717) is 12.2 Å². The molecule has 1 unspecified atom stereocenters. The van der Waals surface area contributed by atoms with Gasteiger partial charge in [-0.15, -0.1) is 0 Å². The number of alkyl halides is 3. The lowest BCUT2D eigenvalue weighted by Gasteiger charge is -2.33. The van der Waals surface area contributed by atoms with Gasteiger partial charge in [0.25, 0.3) is 5.91 Å². The molecule has 2 aromatic heterocycles. The Kier molecular flexibility index (Phi) is 4.51. The molecule has 1 aliphatic heterocycles. The molecule has 2 aromatic rings. The highest BCUT2D eigenvalue weighted by atomic mass is 19.4. The van der Waals surface area contributed by atoms with Crippen molar-refractivity contribution >= 4 is 11.8 Å². The summed E-state index contributed by atoms with van der Waals surface area (Å²) < 4.78 is 40.8. The van der Waals surface area contributed by atoms with Crippen LogP contribution < -0.4 is 5.32 Å². The van der Waals surface area contributed by atoms with Crippen LogP contribution in [-0.2, 0) is 24.1 Å². The standard InChI is InChI=1S/C16H18F3N5O2/c1-10-6-13(16(17,18)19)21-24(10)9-14(25)20-7-11-8-23-5-3-4-12(23)15(26)22(11)2/h3-6,11H,7-9H2,1-2H3,(H,20,25). The number of hydrogen-bond donors (Lipinski definition) is 1. The van der Waals surface area contributed by atoms with E-state index in [1.165, 1.54) is 6.92 Å². The van der Waals surface area contributed by atoms with Crippen LogP contribution in [0, 0.1) is 6.92 Å². The normalized spacial score (nSPS) is 17.3. The fourth-order valence-electron chi connectivity index (χ4n) is 2.90. The lowest BCUT2D eigenvalue weighted by atomic mass is 10.1. The van der Waals surface area contributed by atoms with Crippen molar-refractivity contribution in [2.75, 3.05) is 13.6 Å². The van der Waals surface area contributed by atoms with Gasteiger partial charge in [0.2, 0.25) is 5.91 Å². The number of aryl methyl sites for hydroxylation is 1. The number of carbonyl (C=O) groups is 2. The van der Waals surface area contributed by atoms with Gasteiger partial charge in [0.05, 0.1) is 6.04 Å². The lowest BCUT2D eigenvalue weighted by Crippen LogP contribution is -2.51. The third kappa shape index (κ3) is 3.44. The van der Waals surface area contributed by atoms with Gasteiger partial charge in [-0.05, 0) is 25.1 Å². The second-order valence-electron chi connectivity index (χ2n) is 6.25. The predicted octanol–water partition coefficient (Wildman–Crippen LogP) is 1.28. The van der Waals surface area contributed by atoms with Crippen LogP contribution >= 0.6 is 0 Å². The van der Waals surface area contributed by atoms with Crippen LogP contribution in [0.4, 0.5) is 13.2 Å². The van der Waals surface area contributed by atoms with Crippen LogP contribution in [0.1, 0.15) is 21.9 Å². The third-order valence-corrected chi connectivity index (χ3v) is 4.42. The molecule has 0 aromatic carbocycles. The van der Waals surface area contributed by atoms with Gasteiger partial charge in [-0.1, -0.05) is 0 Å². The molecule has 0 spiro atoms. The fourth-order valence-corrected chi connectivity index (χ4v) is 2.90. The maximum absolute atomic E-state index is 12.7. The molecule has 3 rings (SSSR count). The van der Waals surface area contributed by atoms with Crippen LogP contribution in [0.2, 0.25) is 0 Å². The number of nitrogens with zero attached hydrogens (tertiary/aromatic N) is 4. The van der Waals surface area contributed by atoms with Crippen molar-refractivity contribution < 1.29 is 22.8 Å². The molecule has 1 atom stereocenters. The summed E-state index contributed by atoms with van der Waals surface area (Å²) in [5.74, 6) is -0.609. The summed E-state index contributed by atoms with van der Waals surface area (Å²) in [5, 5.41) is 6.09. The van der Waals surface area contributed by atoms with E-state index >= 15 is 0 Å². The van der Waals surface area contributed by atoms with Gasteiger partial charge in [0.15, 0.2) is 5.69 Å². The molecular weight excluding hydrogens is 351 g/mol. The summed E-state index contributed by atoms with van der Waals surface area (Å²) in [6.07, 6.45) is -2.76. The van der Waals surface area contributed by atoms with Crippen molar-refractivity contribution in [3.8, 4) is 0 Å². The molecule has 0 aliphatic carbocycles. The molecule has 26 heavy (non-hydrogen) atoms. The first kappa shape index (κ1) is 18.0. The van der Waals surface area contributed by atoms with Crippen LogP contribution in [0.5, 0.6) is 0 Å². The summed E-state index contributed by atoms with van der Waals surface area (Å²) in [6, 6.07) is 4.16. The molecule has 0 saturated carbocycles. The van der Waals surface area contributed by atoms with Crippen LogP contribution in [-0.4, -0.2) is 50.7 Å². The Morgan fingerprint density at radius 2 is 2.15 bits per heavy atom. The average molecular weight is 369 g/mol. The first-order chi connectivity index (χ1) is 12.2. The van der Waals surface area contributed by atoms with Crippen molar-refractivity contribution in [3.63, 3.8) is 0 Å². The Bertz CT molecular complexity index is 839. The largest absolute Gasteiger partial charge is 0.435 e. The fraction of sp³-hybridized carbons (Fsp3) is 0.438. The Labute approximate surface area is 147 Å². The number of halogens is 3. The molecule has 0 saturated heterocycles. The highest BCUT2D eigenvalue weighted by Gasteiger charge is 2.34. The Morgan fingerprint density at radius 3 is 2.81 bits per heavy atom. The highest BCUT2D eigenvalue weighted by Crippen LogP contribution is 2.28. The maximum Gasteiger partial charge on any atom is 0.435 e. The molecule has 0 fully saturated rings. The van der Waals surface area contributed by atoms with Crippen LogP contribution in [0.3, 0.4) is 0 Å². The van der Waals surface area contributed by atoms with Crippen LogP contribution in [0.15, 0.2) is 24.4 Å². The first-order valence-electron chi connectivity index (χ1n) is 7.97. The van der Waals surface area contributed by atoms with Crippen molar-refractivity contribution in [2.45, 2.75) is 32.2 Å². The predicted molar refractivity (Wildman–Crippen MR) is 85.3 cm³/mol. The monoisotopic (exact) mass is 369 g/mol. The highest BCUT2D eigenvalue weighted by molar-refractivity contribution is 5.93. The molecule has 0 bridgehead atoms. The van der Waals surface area contributed by atoms with Crippen LogP contribution in [0.25, 0.3) is 0 Å². The summed E-state index contributed by atoms with van der Waals surface area (Å²) in [4.78, 5) is 25.9. The minimum atomic E-state index is -4.55. The van der Waals surface area contributed by atoms with Gasteiger partial charge in [0.1, 0.15) is 12.2 Å². The lowest BCUT2D eigenvalue weighted by molar-refractivity contribution is -0.141. The van der Waals surface area contributed by atoms with E-state index in [2.05, 4.69) is 10.4 Å². The molecule has 7 nitrogen and oxygen atoms in total. The zero-order valence-electron chi connectivity index (χ0n) is 14.2. The second-order valence-corrected chi connectivity index (χ2v) is 6.25. The van der Waals surface area contributed by atoms with E-state index in [4.69, 9.17) is 0 Å². The Morgan fingerprint density at radius 1 is 1.42 bits per heavy atom. The number of amides is 2. The molecule has 1 aliphatic rings. The van der Waals surface area contributed by atoms with E-state index in [1.807, 2.05) is 4.57 Å². The molecule has 10 heteroatoms. The number of rotatable bonds is 4. The molecule has 2 amide bonds. The van der Waals surface area contributed by atoms with Crippen molar-refractivity contribution in [1.82, 2.24) is 24.6 Å². The number of nitrogens with one attached hydrogen (secondary N) is 1. The van der Waals surface area contributed by atoms with Crippen molar-refractivity contribution in [3.05, 3.63) is 41.5 Å². The average Bonchev–Trinajstić information content (AvgIpc) is 3.16. The summed E-state index contributed by atoms with van der Waals surface area (Å²) in [7, 11) is 1.66. The van der Waals surface area contributed by atoms with E-state index in [9.17, 15) is 22.8 Å². The van der Waals surface area contributed by atoms with Gasteiger partial charge in [0, 0.05) is 32.0 Å². The number of hydrogen-bond acceptors (Lipinski definition) is 3. The molecule has 140 valence electrons. The number of aromatic nitrogens is 3. The second kappa shape index (κ2) is 6.50. The van der Waals surface area contributed by atoms with E-state index in [-0.39, 0.29) is 30.7 Å².